The number of hydrogen-bond donors (Lipinski definition) is 3. The van der Waals surface area contributed by atoms with Gasteiger partial charge in [-0.05, 0) is 60.7 Å². The predicted octanol–water partition coefficient (Wildman–Crippen LogP) is 3.10. The Morgan fingerprint density at radius 2 is 2.03 bits per heavy atom. The number of rotatable bonds is 5. The Bertz CT molecular complexity index is 1130. The van der Waals surface area contributed by atoms with Crippen LogP contribution in [-0.4, -0.2) is 21.9 Å². The lowest BCUT2D eigenvalue weighted by Gasteiger charge is -2.11. The molecule has 1 aromatic carbocycles. The van der Waals surface area contributed by atoms with Gasteiger partial charge in [0.2, 0.25) is 0 Å². The molecule has 2 aromatic heterocycles. The Kier molecular flexibility index (Phi) is 5.57. The van der Waals surface area contributed by atoms with E-state index in [1.165, 1.54) is 18.2 Å². The second-order valence-electron chi connectivity index (χ2n) is 7.04. The number of amides is 1. The van der Waals surface area contributed by atoms with E-state index in [1.807, 2.05) is 12.1 Å². The van der Waals surface area contributed by atoms with Crippen LogP contribution in [0, 0.1) is 17.7 Å². The van der Waals surface area contributed by atoms with Crippen molar-refractivity contribution in [3.05, 3.63) is 83.1 Å². The third-order valence-corrected chi connectivity index (χ3v) is 4.59. The van der Waals surface area contributed by atoms with Crippen LogP contribution in [-0.2, 0) is 6.54 Å². The van der Waals surface area contributed by atoms with Crippen molar-refractivity contribution in [2.24, 2.45) is 0 Å². The number of carbonyl (C=O) groups excluding carboxylic acids is 1. The summed E-state index contributed by atoms with van der Waals surface area (Å²) in [6.45, 7) is 0.302. The van der Waals surface area contributed by atoms with Gasteiger partial charge in [0.15, 0.2) is 0 Å². The topological polar surface area (TPSA) is 92.9 Å². The molecule has 150 valence electrons. The van der Waals surface area contributed by atoms with Gasteiger partial charge < -0.3 is 16.4 Å². The number of nitrogens with zero attached hydrogens (tertiary/aromatic N) is 2. The number of halogens is 1. The molecule has 30 heavy (non-hydrogen) atoms. The molecule has 0 unspecified atom stereocenters. The molecule has 7 heteroatoms. The molecule has 0 radical (unpaired) electrons. The molecule has 0 aliphatic heterocycles. The summed E-state index contributed by atoms with van der Waals surface area (Å²) in [4.78, 5) is 20.5. The quantitative estimate of drug-likeness (QED) is 0.572. The molecule has 1 amide bonds. The lowest BCUT2D eigenvalue weighted by molar-refractivity contribution is 0.0951. The SMILES string of the molecule is Nc1ncc(CNc2cc(C(=O)NC3CC3)ccc2F)cc1C#Cc1ccccn1. The van der Waals surface area contributed by atoms with Crippen LogP contribution in [0.5, 0.6) is 0 Å². The summed E-state index contributed by atoms with van der Waals surface area (Å²) in [5, 5.41) is 5.92. The highest BCUT2D eigenvalue weighted by atomic mass is 19.1. The van der Waals surface area contributed by atoms with Gasteiger partial charge in [-0.3, -0.25) is 4.79 Å². The van der Waals surface area contributed by atoms with Crippen LogP contribution in [0.1, 0.15) is 40.0 Å². The first-order valence-corrected chi connectivity index (χ1v) is 9.60. The molecule has 3 aromatic rings. The second-order valence-corrected chi connectivity index (χ2v) is 7.04. The Hall–Kier alpha value is -3.92. The summed E-state index contributed by atoms with van der Waals surface area (Å²) in [6.07, 6.45) is 5.26. The number of carbonyl (C=O) groups is 1. The van der Waals surface area contributed by atoms with E-state index in [0.29, 0.717) is 29.2 Å². The van der Waals surface area contributed by atoms with Crippen LogP contribution in [0.15, 0.2) is 54.9 Å². The third-order valence-electron chi connectivity index (χ3n) is 4.59. The van der Waals surface area contributed by atoms with Gasteiger partial charge in [0.1, 0.15) is 17.3 Å². The van der Waals surface area contributed by atoms with E-state index in [9.17, 15) is 9.18 Å². The molecule has 1 saturated carbocycles. The molecular weight excluding hydrogens is 381 g/mol. The minimum absolute atomic E-state index is 0.193. The molecule has 1 aliphatic carbocycles. The average Bonchev–Trinajstić information content (AvgIpc) is 3.58. The molecule has 4 N–H and O–H groups in total. The number of nitrogens with one attached hydrogen (secondary N) is 2. The lowest BCUT2D eigenvalue weighted by atomic mass is 10.1. The largest absolute Gasteiger partial charge is 0.383 e. The number of pyridine rings is 2. The van der Waals surface area contributed by atoms with Gasteiger partial charge >= 0.3 is 0 Å². The van der Waals surface area contributed by atoms with E-state index in [-0.39, 0.29) is 17.6 Å². The third kappa shape index (κ3) is 4.92. The second kappa shape index (κ2) is 8.62. The average molecular weight is 401 g/mol. The highest BCUT2D eigenvalue weighted by molar-refractivity contribution is 5.95. The zero-order valence-electron chi connectivity index (χ0n) is 16.2. The number of benzene rings is 1. The Morgan fingerprint density at radius 3 is 2.80 bits per heavy atom. The normalized spacial score (nSPS) is 12.6. The van der Waals surface area contributed by atoms with Crippen molar-refractivity contribution in [3.63, 3.8) is 0 Å². The van der Waals surface area contributed by atoms with Gasteiger partial charge in [0, 0.05) is 30.5 Å². The van der Waals surface area contributed by atoms with Crippen molar-refractivity contribution < 1.29 is 9.18 Å². The van der Waals surface area contributed by atoms with Crippen molar-refractivity contribution in [2.45, 2.75) is 25.4 Å². The van der Waals surface area contributed by atoms with Gasteiger partial charge in [0.05, 0.1) is 11.3 Å². The minimum Gasteiger partial charge on any atom is -0.383 e. The highest BCUT2D eigenvalue weighted by Crippen LogP contribution is 2.21. The van der Waals surface area contributed by atoms with Crippen molar-refractivity contribution in [1.82, 2.24) is 15.3 Å². The molecule has 0 bridgehead atoms. The van der Waals surface area contributed by atoms with Crippen LogP contribution in [0.4, 0.5) is 15.9 Å². The maximum absolute atomic E-state index is 14.2. The van der Waals surface area contributed by atoms with Crippen LogP contribution in [0.25, 0.3) is 0 Å². The molecule has 1 fully saturated rings. The lowest BCUT2D eigenvalue weighted by Crippen LogP contribution is -2.25. The predicted molar refractivity (Wildman–Crippen MR) is 113 cm³/mol. The first-order chi connectivity index (χ1) is 14.6. The van der Waals surface area contributed by atoms with Gasteiger partial charge in [-0.1, -0.05) is 12.0 Å². The fourth-order valence-corrected chi connectivity index (χ4v) is 2.78. The van der Waals surface area contributed by atoms with Crippen molar-refractivity contribution in [3.8, 4) is 11.8 Å². The zero-order valence-corrected chi connectivity index (χ0v) is 16.2. The van der Waals surface area contributed by atoms with Gasteiger partial charge in [0.25, 0.3) is 5.91 Å². The van der Waals surface area contributed by atoms with Crippen molar-refractivity contribution in [1.29, 1.82) is 0 Å². The summed E-state index contributed by atoms with van der Waals surface area (Å²) in [5.74, 6) is 5.60. The molecule has 0 atom stereocenters. The van der Waals surface area contributed by atoms with E-state index in [2.05, 4.69) is 32.4 Å². The number of nitrogens with two attached hydrogens (primary N) is 1. The first kappa shape index (κ1) is 19.4. The highest BCUT2D eigenvalue weighted by Gasteiger charge is 2.24. The summed E-state index contributed by atoms with van der Waals surface area (Å²) in [5.41, 5.74) is 8.57. The monoisotopic (exact) mass is 401 g/mol. The van der Waals surface area contributed by atoms with E-state index in [4.69, 9.17) is 5.73 Å². The Morgan fingerprint density at radius 1 is 1.17 bits per heavy atom. The number of aromatic nitrogens is 2. The van der Waals surface area contributed by atoms with E-state index < -0.39 is 5.82 Å². The molecule has 6 nitrogen and oxygen atoms in total. The smallest absolute Gasteiger partial charge is 0.251 e. The Balaban J connectivity index is 1.47. The summed E-state index contributed by atoms with van der Waals surface area (Å²) < 4.78 is 14.2. The van der Waals surface area contributed by atoms with Gasteiger partial charge in [-0.2, -0.15) is 0 Å². The summed E-state index contributed by atoms with van der Waals surface area (Å²) >= 11 is 0. The van der Waals surface area contributed by atoms with Crippen LogP contribution in [0.2, 0.25) is 0 Å². The molecule has 2 heterocycles. The summed E-state index contributed by atoms with van der Waals surface area (Å²) in [6, 6.07) is 11.8. The Labute approximate surface area is 173 Å². The number of nitrogen functional groups attached to an aromatic ring is 1. The number of hydrogen-bond acceptors (Lipinski definition) is 5. The van der Waals surface area contributed by atoms with Crippen molar-refractivity contribution in [2.75, 3.05) is 11.1 Å². The standard InChI is InChI=1S/C23H20FN5O/c24-20-9-5-17(23(30)29-19-7-8-19)12-21(20)27-13-15-11-16(22(25)28-14-15)4-6-18-3-1-2-10-26-18/h1-3,5,9-12,14,19,27H,7-8,13H2,(H2,25,28)(H,29,30). The molecular formula is C23H20FN5O. The van der Waals surface area contributed by atoms with E-state index >= 15 is 0 Å². The maximum atomic E-state index is 14.2. The first-order valence-electron chi connectivity index (χ1n) is 9.60. The van der Waals surface area contributed by atoms with Crippen LogP contribution < -0.4 is 16.4 Å². The summed E-state index contributed by atoms with van der Waals surface area (Å²) in [7, 11) is 0. The molecule has 4 rings (SSSR count). The zero-order chi connectivity index (χ0) is 20.9. The van der Waals surface area contributed by atoms with Gasteiger partial charge in [-0.25, -0.2) is 14.4 Å². The van der Waals surface area contributed by atoms with Crippen LogP contribution >= 0.6 is 0 Å². The number of anilines is 2. The fraction of sp³-hybridized carbons (Fsp3) is 0.174. The molecule has 1 aliphatic rings. The molecule has 0 spiro atoms. The van der Waals surface area contributed by atoms with Crippen LogP contribution in [0.3, 0.4) is 0 Å². The van der Waals surface area contributed by atoms with Gasteiger partial charge in [-0.15, -0.1) is 0 Å². The van der Waals surface area contributed by atoms with E-state index in [1.54, 1.807) is 24.5 Å². The fourth-order valence-electron chi connectivity index (χ4n) is 2.78. The molecule has 0 saturated heterocycles. The van der Waals surface area contributed by atoms with E-state index in [0.717, 1.165) is 18.4 Å². The minimum atomic E-state index is -0.434. The van der Waals surface area contributed by atoms with Crippen molar-refractivity contribution >= 4 is 17.4 Å². The maximum Gasteiger partial charge on any atom is 0.251 e.